The highest BCUT2D eigenvalue weighted by Crippen LogP contribution is 2.34. The van der Waals surface area contributed by atoms with Crippen LogP contribution in [0.5, 0.6) is 0 Å². The van der Waals surface area contributed by atoms with E-state index in [0.29, 0.717) is 24.8 Å². The highest BCUT2D eigenvalue weighted by Gasteiger charge is 2.33. The van der Waals surface area contributed by atoms with Crippen LogP contribution in [0, 0.1) is 0 Å². The number of morpholine rings is 1. The smallest absolute Gasteiger partial charge is 0.253 e. The second-order valence-corrected chi connectivity index (χ2v) is 8.30. The number of fused-ring (bicyclic) bond motifs is 1. The summed E-state index contributed by atoms with van der Waals surface area (Å²) in [7, 11) is 0. The van der Waals surface area contributed by atoms with E-state index in [2.05, 4.69) is 44.5 Å². The van der Waals surface area contributed by atoms with Crippen LogP contribution in [0.25, 0.3) is 10.9 Å². The Bertz CT molecular complexity index is 1080. The maximum atomic E-state index is 13.2. The third kappa shape index (κ3) is 3.54. The molecule has 1 aliphatic carbocycles. The van der Waals surface area contributed by atoms with Gasteiger partial charge in [-0.05, 0) is 58.8 Å². The van der Waals surface area contributed by atoms with Gasteiger partial charge < -0.3 is 9.72 Å². The first kappa shape index (κ1) is 19.4. The number of rotatable bonds is 5. The van der Waals surface area contributed by atoms with Crippen molar-refractivity contribution < 1.29 is 4.74 Å². The average molecular weight is 409 g/mol. The first-order valence-electron chi connectivity index (χ1n) is 11.0. The number of hydrogen-bond donors (Lipinski definition) is 1. The molecular formula is C22H28N6O2. The molecule has 1 saturated carbocycles. The van der Waals surface area contributed by atoms with Crippen LogP contribution in [-0.2, 0) is 11.2 Å². The third-order valence-electron chi connectivity index (χ3n) is 6.48. The van der Waals surface area contributed by atoms with Crippen LogP contribution >= 0.6 is 0 Å². The van der Waals surface area contributed by atoms with Crippen LogP contribution in [0.2, 0.25) is 0 Å². The molecule has 0 bridgehead atoms. The number of ether oxygens (including phenoxy) is 1. The molecular weight excluding hydrogens is 380 g/mol. The minimum Gasteiger partial charge on any atom is -0.379 e. The number of aromatic nitrogens is 5. The minimum absolute atomic E-state index is 0.0794. The second kappa shape index (κ2) is 8.28. The van der Waals surface area contributed by atoms with Crippen molar-refractivity contribution in [3.8, 4) is 0 Å². The standard InChI is InChI=1S/C22H28N6O2/c1-2-15-7-8-19-16(13-15)14-18(22(29)23-19)20(27-9-11-30-12-10-27)21-24-25-26-28(21)17-5-3-4-6-17/h7-8,13-14,17,20H,2-6,9-12H2,1H3,(H,23,29). The Balaban J connectivity index is 1.65. The quantitative estimate of drug-likeness (QED) is 0.698. The molecule has 2 aliphatic rings. The number of benzene rings is 1. The van der Waals surface area contributed by atoms with E-state index in [1.807, 2.05) is 16.8 Å². The molecule has 1 aromatic carbocycles. The summed E-state index contributed by atoms with van der Waals surface area (Å²) in [6.07, 6.45) is 5.52. The molecule has 3 heterocycles. The largest absolute Gasteiger partial charge is 0.379 e. The third-order valence-corrected chi connectivity index (χ3v) is 6.48. The summed E-state index contributed by atoms with van der Waals surface area (Å²) in [5.74, 6) is 0.764. The van der Waals surface area contributed by atoms with Crippen molar-refractivity contribution in [1.82, 2.24) is 30.1 Å². The van der Waals surface area contributed by atoms with Gasteiger partial charge in [-0.25, -0.2) is 4.68 Å². The molecule has 0 radical (unpaired) electrons. The number of hydrogen-bond acceptors (Lipinski definition) is 6. The van der Waals surface area contributed by atoms with E-state index in [-0.39, 0.29) is 11.6 Å². The molecule has 5 rings (SSSR count). The van der Waals surface area contributed by atoms with Crippen molar-refractivity contribution in [2.45, 2.75) is 51.1 Å². The zero-order chi connectivity index (χ0) is 20.5. The number of aryl methyl sites for hydroxylation is 1. The number of aromatic amines is 1. The molecule has 1 atom stereocenters. The SMILES string of the molecule is CCc1ccc2[nH]c(=O)c(C(c3nnnn3C3CCCC3)N3CCOCC3)cc2c1. The topological polar surface area (TPSA) is 88.9 Å². The first-order chi connectivity index (χ1) is 14.7. The summed E-state index contributed by atoms with van der Waals surface area (Å²) in [6.45, 7) is 4.92. The fraction of sp³-hybridized carbons (Fsp3) is 0.545. The highest BCUT2D eigenvalue weighted by atomic mass is 16.5. The van der Waals surface area contributed by atoms with Crippen LogP contribution < -0.4 is 5.56 Å². The van der Waals surface area contributed by atoms with Crippen LogP contribution in [-0.4, -0.2) is 56.4 Å². The van der Waals surface area contributed by atoms with E-state index in [9.17, 15) is 4.79 Å². The monoisotopic (exact) mass is 408 g/mol. The summed E-state index contributed by atoms with van der Waals surface area (Å²) in [4.78, 5) is 18.6. The lowest BCUT2D eigenvalue weighted by Gasteiger charge is -2.34. The Morgan fingerprint density at radius 2 is 2.00 bits per heavy atom. The Kier molecular flexibility index (Phi) is 5.35. The highest BCUT2D eigenvalue weighted by molar-refractivity contribution is 5.80. The molecule has 0 amide bonds. The fourth-order valence-corrected chi connectivity index (χ4v) is 4.82. The van der Waals surface area contributed by atoms with Gasteiger partial charge in [0.2, 0.25) is 0 Å². The summed E-state index contributed by atoms with van der Waals surface area (Å²) in [5.41, 5.74) is 2.73. The zero-order valence-corrected chi connectivity index (χ0v) is 17.4. The van der Waals surface area contributed by atoms with Crippen LogP contribution in [0.1, 0.15) is 61.6 Å². The predicted octanol–water partition coefficient (Wildman–Crippen LogP) is 2.61. The van der Waals surface area contributed by atoms with Crippen molar-refractivity contribution in [2.24, 2.45) is 0 Å². The minimum atomic E-state index is -0.289. The lowest BCUT2D eigenvalue weighted by atomic mass is 10.0. The van der Waals surface area contributed by atoms with E-state index >= 15 is 0 Å². The molecule has 1 aliphatic heterocycles. The maximum absolute atomic E-state index is 13.2. The predicted molar refractivity (Wildman–Crippen MR) is 114 cm³/mol. The van der Waals surface area contributed by atoms with Gasteiger partial charge in [0.05, 0.1) is 19.3 Å². The molecule has 8 heteroatoms. The Hall–Kier alpha value is -2.58. The van der Waals surface area contributed by atoms with Crippen molar-refractivity contribution in [3.63, 3.8) is 0 Å². The summed E-state index contributed by atoms with van der Waals surface area (Å²) < 4.78 is 7.55. The van der Waals surface area contributed by atoms with E-state index in [1.54, 1.807) is 0 Å². The zero-order valence-electron chi connectivity index (χ0n) is 17.4. The molecule has 1 unspecified atom stereocenters. The Labute approximate surface area is 175 Å². The lowest BCUT2D eigenvalue weighted by molar-refractivity contribution is 0.0211. The first-order valence-corrected chi connectivity index (χ1v) is 11.0. The van der Waals surface area contributed by atoms with Gasteiger partial charge in [0.15, 0.2) is 5.82 Å². The Morgan fingerprint density at radius 1 is 1.20 bits per heavy atom. The maximum Gasteiger partial charge on any atom is 0.253 e. The summed E-state index contributed by atoms with van der Waals surface area (Å²) in [6, 6.07) is 8.27. The van der Waals surface area contributed by atoms with Crippen molar-refractivity contribution in [1.29, 1.82) is 0 Å². The molecule has 3 aromatic rings. The molecule has 2 aromatic heterocycles. The van der Waals surface area contributed by atoms with Gasteiger partial charge in [0.25, 0.3) is 5.56 Å². The van der Waals surface area contributed by atoms with E-state index < -0.39 is 0 Å². The number of H-pyrrole nitrogens is 1. The second-order valence-electron chi connectivity index (χ2n) is 8.30. The molecule has 0 spiro atoms. The molecule has 2 fully saturated rings. The average Bonchev–Trinajstić information content (AvgIpc) is 3.47. The van der Waals surface area contributed by atoms with Crippen LogP contribution in [0.3, 0.4) is 0 Å². The van der Waals surface area contributed by atoms with Crippen LogP contribution in [0.15, 0.2) is 29.1 Å². The van der Waals surface area contributed by atoms with Crippen molar-refractivity contribution in [3.05, 3.63) is 51.6 Å². The summed E-state index contributed by atoms with van der Waals surface area (Å²) >= 11 is 0. The van der Waals surface area contributed by atoms with Gasteiger partial charge in [-0.1, -0.05) is 25.8 Å². The van der Waals surface area contributed by atoms with Gasteiger partial charge in [-0.15, -0.1) is 5.10 Å². The molecule has 8 nitrogen and oxygen atoms in total. The van der Waals surface area contributed by atoms with Crippen molar-refractivity contribution >= 4 is 10.9 Å². The van der Waals surface area contributed by atoms with Crippen LogP contribution in [0.4, 0.5) is 0 Å². The van der Waals surface area contributed by atoms with E-state index in [0.717, 1.165) is 49.1 Å². The number of nitrogens with zero attached hydrogens (tertiary/aromatic N) is 5. The normalized spacial score (nSPS) is 19.5. The molecule has 30 heavy (non-hydrogen) atoms. The molecule has 158 valence electrons. The fourth-order valence-electron chi connectivity index (χ4n) is 4.82. The van der Waals surface area contributed by atoms with Gasteiger partial charge in [0, 0.05) is 24.2 Å². The number of nitrogens with one attached hydrogen (secondary N) is 1. The van der Waals surface area contributed by atoms with Gasteiger partial charge in [0.1, 0.15) is 6.04 Å². The van der Waals surface area contributed by atoms with E-state index in [4.69, 9.17) is 4.74 Å². The Morgan fingerprint density at radius 3 is 2.77 bits per heavy atom. The lowest BCUT2D eigenvalue weighted by Crippen LogP contribution is -2.42. The molecule has 1 N–H and O–H groups in total. The molecule has 1 saturated heterocycles. The van der Waals surface area contributed by atoms with E-state index in [1.165, 1.54) is 18.4 Å². The number of tetrazole rings is 1. The van der Waals surface area contributed by atoms with Crippen molar-refractivity contribution in [2.75, 3.05) is 26.3 Å². The van der Waals surface area contributed by atoms with Gasteiger partial charge >= 0.3 is 0 Å². The number of pyridine rings is 1. The van der Waals surface area contributed by atoms with Gasteiger partial charge in [-0.3, -0.25) is 9.69 Å². The van der Waals surface area contributed by atoms with Gasteiger partial charge in [-0.2, -0.15) is 0 Å². The summed E-state index contributed by atoms with van der Waals surface area (Å²) in [5, 5.41) is 13.8.